The Balaban J connectivity index is 2.19. The highest BCUT2D eigenvalue weighted by atomic mass is 35.5. The maximum Gasteiger partial charge on any atom is 0.243 e. The third-order valence-corrected chi connectivity index (χ3v) is 6.19. The summed E-state index contributed by atoms with van der Waals surface area (Å²) >= 11 is 12.6. The molecule has 1 fully saturated rings. The van der Waals surface area contributed by atoms with Crippen molar-refractivity contribution in [3.8, 4) is 0 Å². The second kappa shape index (κ2) is 5.64. The van der Waals surface area contributed by atoms with Crippen LogP contribution in [0.1, 0.15) is 25.7 Å². The summed E-state index contributed by atoms with van der Waals surface area (Å²) in [7, 11) is -3.72. The molecular formula is C10H13Cl2NO3S2. The lowest BCUT2D eigenvalue weighted by molar-refractivity contribution is 0.101. The predicted molar refractivity (Wildman–Crippen MR) is 72.9 cm³/mol. The minimum Gasteiger partial charge on any atom is -0.391 e. The minimum absolute atomic E-state index is 0.0167. The van der Waals surface area contributed by atoms with Gasteiger partial charge in [-0.05, 0) is 18.9 Å². The summed E-state index contributed by atoms with van der Waals surface area (Å²) in [5, 5.41) is 9.77. The second-order valence-electron chi connectivity index (χ2n) is 4.27. The largest absolute Gasteiger partial charge is 0.391 e. The molecule has 1 aromatic heterocycles. The van der Waals surface area contributed by atoms with Gasteiger partial charge >= 0.3 is 0 Å². The molecule has 1 saturated carbocycles. The van der Waals surface area contributed by atoms with Gasteiger partial charge in [-0.3, -0.25) is 0 Å². The fourth-order valence-electron chi connectivity index (χ4n) is 2.02. The monoisotopic (exact) mass is 329 g/mol. The SMILES string of the molecule is O=S(=O)(NC1CCCCC1O)c1cc(Cl)sc1Cl. The zero-order valence-corrected chi connectivity index (χ0v) is 12.5. The highest BCUT2D eigenvalue weighted by Crippen LogP contribution is 2.34. The Morgan fingerprint density at radius 2 is 2.00 bits per heavy atom. The molecule has 0 spiro atoms. The number of hydrogen-bond acceptors (Lipinski definition) is 4. The van der Waals surface area contributed by atoms with E-state index in [1.807, 2.05) is 0 Å². The van der Waals surface area contributed by atoms with Crippen molar-refractivity contribution in [3.63, 3.8) is 0 Å². The van der Waals surface area contributed by atoms with Crippen LogP contribution in [0.2, 0.25) is 8.67 Å². The molecule has 0 aromatic carbocycles. The second-order valence-corrected chi connectivity index (χ2v) is 8.24. The Morgan fingerprint density at radius 1 is 1.33 bits per heavy atom. The molecule has 2 unspecified atom stereocenters. The molecule has 1 heterocycles. The first kappa shape index (κ1) is 14.6. The summed E-state index contributed by atoms with van der Waals surface area (Å²) in [4.78, 5) is -0.0167. The van der Waals surface area contributed by atoms with Crippen LogP contribution in [0.25, 0.3) is 0 Å². The maximum absolute atomic E-state index is 12.1. The van der Waals surface area contributed by atoms with Crippen molar-refractivity contribution in [2.24, 2.45) is 0 Å². The summed E-state index contributed by atoms with van der Waals surface area (Å²) in [5.74, 6) is 0. The third-order valence-electron chi connectivity index (χ3n) is 2.95. The number of aliphatic hydroxyl groups is 1. The van der Waals surface area contributed by atoms with E-state index in [1.165, 1.54) is 6.07 Å². The van der Waals surface area contributed by atoms with Crippen molar-refractivity contribution >= 4 is 44.6 Å². The number of rotatable bonds is 3. The first-order chi connectivity index (χ1) is 8.40. The summed E-state index contributed by atoms with van der Waals surface area (Å²) in [5.41, 5.74) is 0. The fraction of sp³-hybridized carbons (Fsp3) is 0.600. The van der Waals surface area contributed by atoms with E-state index in [0.717, 1.165) is 24.2 Å². The number of aliphatic hydroxyl groups excluding tert-OH is 1. The number of sulfonamides is 1. The maximum atomic E-state index is 12.1. The van der Waals surface area contributed by atoms with Gasteiger partial charge < -0.3 is 5.11 Å². The lowest BCUT2D eigenvalue weighted by atomic mass is 9.93. The quantitative estimate of drug-likeness (QED) is 0.895. The van der Waals surface area contributed by atoms with Gasteiger partial charge in [0.25, 0.3) is 0 Å². The molecule has 4 nitrogen and oxygen atoms in total. The van der Waals surface area contributed by atoms with Crippen LogP contribution in [-0.4, -0.2) is 25.7 Å². The lowest BCUT2D eigenvalue weighted by Crippen LogP contribution is -2.44. The van der Waals surface area contributed by atoms with Gasteiger partial charge in [-0.25, -0.2) is 13.1 Å². The van der Waals surface area contributed by atoms with Gasteiger partial charge in [0, 0.05) is 6.04 Å². The molecule has 1 aliphatic carbocycles. The molecule has 0 amide bonds. The summed E-state index contributed by atoms with van der Waals surface area (Å²) in [6, 6.07) is 0.880. The molecule has 8 heteroatoms. The summed E-state index contributed by atoms with van der Waals surface area (Å²) < 4.78 is 27.2. The predicted octanol–water partition coefficient (Wildman–Crippen LogP) is 2.64. The first-order valence-corrected chi connectivity index (χ1v) is 8.61. The van der Waals surface area contributed by atoms with Crippen molar-refractivity contribution in [2.75, 3.05) is 0 Å². The van der Waals surface area contributed by atoms with E-state index in [4.69, 9.17) is 23.2 Å². The van der Waals surface area contributed by atoms with Crippen molar-refractivity contribution in [3.05, 3.63) is 14.7 Å². The van der Waals surface area contributed by atoms with Gasteiger partial charge in [0.05, 0.1) is 10.4 Å². The standard InChI is InChI=1S/C10H13Cl2NO3S2/c11-9-5-8(10(12)17-9)18(15,16)13-6-3-1-2-4-7(6)14/h5-7,13-14H,1-4H2. The third kappa shape index (κ3) is 3.18. The van der Waals surface area contributed by atoms with Gasteiger partial charge in [0.2, 0.25) is 10.0 Å². The van der Waals surface area contributed by atoms with E-state index in [0.29, 0.717) is 17.2 Å². The molecule has 102 valence electrons. The topological polar surface area (TPSA) is 66.4 Å². The number of hydrogen-bond donors (Lipinski definition) is 2. The number of nitrogens with one attached hydrogen (secondary N) is 1. The van der Waals surface area contributed by atoms with E-state index in [2.05, 4.69) is 4.72 Å². The highest BCUT2D eigenvalue weighted by Gasteiger charge is 2.30. The molecular weight excluding hydrogens is 317 g/mol. The van der Waals surface area contributed by atoms with E-state index in [9.17, 15) is 13.5 Å². The molecule has 0 radical (unpaired) electrons. The van der Waals surface area contributed by atoms with Crippen molar-refractivity contribution in [1.29, 1.82) is 0 Å². The van der Waals surface area contributed by atoms with Gasteiger partial charge in [0.1, 0.15) is 9.23 Å². The van der Waals surface area contributed by atoms with E-state index < -0.39 is 22.2 Å². The van der Waals surface area contributed by atoms with Crippen LogP contribution in [0.3, 0.4) is 0 Å². The van der Waals surface area contributed by atoms with Gasteiger partial charge in [0.15, 0.2) is 0 Å². The molecule has 2 rings (SSSR count). The smallest absolute Gasteiger partial charge is 0.243 e. The fourth-order valence-corrected chi connectivity index (χ4v) is 5.47. The van der Waals surface area contributed by atoms with Crippen LogP contribution in [0, 0.1) is 0 Å². The Kier molecular flexibility index (Phi) is 4.57. The normalized spacial score (nSPS) is 25.3. The van der Waals surface area contributed by atoms with Crippen molar-refractivity contribution < 1.29 is 13.5 Å². The van der Waals surface area contributed by atoms with E-state index >= 15 is 0 Å². The molecule has 0 bridgehead atoms. The van der Waals surface area contributed by atoms with E-state index in [-0.39, 0.29) is 9.23 Å². The molecule has 0 aliphatic heterocycles. The van der Waals surface area contributed by atoms with Crippen molar-refractivity contribution in [2.45, 2.75) is 42.7 Å². The lowest BCUT2D eigenvalue weighted by Gasteiger charge is -2.27. The van der Waals surface area contributed by atoms with Crippen LogP contribution < -0.4 is 4.72 Å². The molecule has 18 heavy (non-hydrogen) atoms. The van der Waals surface area contributed by atoms with Crippen LogP contribution >= 0.6 is 34.5 Å². The van der Waals surface area contributed by atoms with E-state index in [1.54, 1.807) is 0 Å². The van der Waals surface area contributed by atoms with Crippen LogP contribution in [0.15, 0.2) is 11.0 Å². The Morgan fingerprint density at radius 3 is 2.56 bits per heavy atom. The molecule has 1 aliphatic rings. The van der Waals surface area contributed by atoms with Gasteiger partial charge in [-0.2, -0.15) is 0 Å². The highest BCUT2D eigenvalue weighted by molar-refractivity contribution is 7.89. The summed E-state index contributed by atoms with van der Waals surface area (Å²) in [6.07, 6.45) is 2.44. The van der Waals surface area contributed by atoms with Crippen LogP contribution in [-0.2, 0) is 10.0 Å². The van der Waals surface area contributed by atoms with Crippen molar-refractivity contribution in [1.82, 2.24) is 4.72 Å². The van der Waals surface area contributed by atoms with Gasteiger partial charge in [-0.15, -0.1) is 11.3 Å². The molecule has 2 atom stereocenters. The summed E-state index contributed by atoms with van der Waals surface area (Å²) in [6.45, 7) is 0. The molecule has 2 N–H and O–H groups in total. The molecule has 1 aromatic rings. The van der Waals surface area contributed by atoms with Gasteiger partial charge in [-0.1, -0.05) is 36.0 Å². The number of thiophene rings is 1. The zero-order valence-electron chi connectivity index (χ0n) is 9.40. The minimum atomic E-state index is -3.72. The Labute approximate surface area is 120 Å². The Bertz CT molecular complexity index is 529. The molecule has 0 saturated heterocycles. The number of halogens is 2. The Hall–Kier alpha value is 0.150. The first-order valence-electron chi connectivity index (χ1n) is 5.55. The van der Waals surface area contributed by atoms with Crippen LogP contribution in [0.5, 0.6) is 0 Å². The zero-order chi connectivity index (χ0) is 13.3. The average Bonchev–Trinajstić information content (AvgIpc) is 2.62. The van der Waals surface area contributed by atoms with Crippen LogP contribution in [0.4, 0.5) is 0 Å². The average molecular weight is 330 g/mol.